The Kier molecular flexibility index (Phi) is 5.73. The predicted octanol–water partition coefficient (Wildman–Crippen LogP) is 4.44. The minimum absolute atomic E-state index is 0.0216. The van der Waals surface area contributed by atoms with Gasteiger partial charge in [-0.05, 0) is 37.5 Å². The summed E-state index contributed by atoms with van der Waals surface area (Å²) in [5.74, 6) is 0.350. The molecule has 0 bridgehead atoms. The van der Waals surface area contributed by atoms with Gasteiger partial charge < -0.3 is 20.5 Å². The Morgan fingerprint density at radius 2 is 1.74 bits per heavy atom. The number of benzene rings is 2. The number of nitrogens with zero attached hydrogens (tertiary/aromatic N) is 1. The molecule has 0 aliphatic heterocycles. The van der Waals surface area contributed by atoms with Crippen LogP contribution in [0.4, 0.5) is 18.9 Å². The largest absolute Gasteiger partial charge is 0.573 e. The number of rotatable bonds is 6. The molecule has 1 fully saturated rings. The molecule has 0 amide bonds. The van der Waals surface area contributed by atoms with E-state index >= 15 is 0 Å². The molecule has 0 saturated heterocycles. The summed E-state index contributed by atoms with van der Waals surface area (Å²) in [5.41, 5.74) is 6.77. The number of halogens is 3. The molecule has 27 heavy (non-hydrogen) atoms. The monoisotopic (exact) mass is 379 g/mol. The van der Waals surface area contributed by atoms with Crippen molar-refractivity contribution in [2.45, 2.75) is 38.3 Å². The van der Waals surface area contributed by atoms with Gasteiger partial charge in [0.2, 0.25) is 0 Å². The topological polar surface area (TPSA) is 68.9 Å². The van der Waals surface area contributed by atoms with Gasteiger partial charge in [-0.25, -0.2) is 4.99 Å². The van der Waals surface area contributed by atoms with Crippen molar-refractivity contribution in [2.75, 3.05) is 5.32 Å². The highest BCUT2D eigenvalue weighted by atomic mass is 19.4. The van der Waals surface area contributed by atoms with Crippen LogP contribution in [0, 0.1) is 0 Å². The summed E-state index contributed by atoms with van der Waals surface area (Å²) < 4.78 is 47.4. The molecule has 1 aliphatic carbocycles. The molecule has 1 aliphatic rings. The summed E-state index contributed by atoms with van der Waals surface area (Å²) in [5, 5.41) is 2.65. The summed E-state index contributed by atoms with van der Waals surface area (Å²) in [4.78, 5) is 4.21. The van der Waals surface area contributed by atoms with E-state index in [1.165, 1.54) is 24.6 Å². The zero-order valence-corrected chi connectivity index (χ0v) is 14.5. The number of hydrogen-bond acceptors (Lipinski definition) is 3. The summed E-state index contributed by atoms with van der Waals surface area (Å²) in [6, 6.07) is 13.1. The molecular formula is C19H20F3N3O2. The number of aliphatic imine (C=N–C) groups is 1. The summed E-state index contributed by atoms with van der Waals surface area (Å²) in [6.07, 6.45) is -1.31. The Hall–Kier alpha value is -2.90. The number of nitrogens with one attached hydrogen (secondary N) is 1. The number of alkyl halides is 3. The molecule has 2 aromatic rings. The van der Waals surface area contributed by atoms with Crippen LogP contribution in [0.25, 0.3) is 0 Å². The standard InChI is InChI=1S/C19H20F3N3O2/c20-19(21,22)27-17-11-4-2-9-15(17)25-18(23)24-12-13-6-1-3-10-16(13)26-14-7-5-8-14/h1-4,6,9-11,14H,5,7-8,12H2,(H3,23,24,25). The molecule has 2 aromatic carbocycles. The third-order valence-corrected chi connectivity index (χ3v) is 4.11. The number of para-hydroxylation sites is 3. The third kappa shape index (κ3) is 5.54. The van der Waals surface area contributed by atoms with Crippen molar-refractivity contribution in [2.24, 2.45) is 10.7 Å². The number of anilines is 1. The van der Waals surface area contributed by atoms with Gasteiger partial charge >= 0.3 is 6.36 Å². The second kappa shape index (κ2) is 8.20. The van der Waals surface area contributed by atoms with Crippen molar-refractivity contribution in [1.82, 2.24) is 0 Å². The average molecular weight is 379 g/mol. The van der Waals surface area contributed by atoms with Gasteiger partial charge in [0.25, 0.3) is 0 Å². The van der Waals surface area contributed by atoms with Crippen molar-refractivity contribution >= 4 is 11.6 Å². The lowest BCUT2D eigenvalue weighted by atomic mass is 9.96. The number of guanidine groups is 1. The summed E-state index contributed by atoms with van der Waals surface area (Å²) >= 11 is 0. The Morgan fingerprint density at radius 1 is 1.07 bits per heavy atom. The van der Waals surface area contributed by atoms with Gasteiger partial charge in [0.05, 0.1) is 18.3 Å². The first-order chi connectivity index (χ1) is 12.9. The quantitative estimate of drug-likeness (QED) is 0.575. The SMILES string of the molecule is NC(=NCc1ccccc1OC1CCC1)Nc1ccccc1OC(F)(F)F. The fourth-order valence-electron chi connectivity index (χ4n) is 2.55. The Labute approximate surface area is 155 Å². The Balaban J connectivity index is 1.67. The van der Waals surface area contributed by atoms with E-state index in [1.54, 1.807) is 6.07 Å². The van der Waals surface area contributed by atoms with E-state index in [4.69, 9.17) is 10.5 Å². The average Bonchev–Trinajstić information content (AvgIpc) is 2.57. The molecule has 8 heteroatoms. The van der Waals surface area contributed by atoms with Crippen molar-refractivity contribution in [3.05, 3.63) is 54.1 Å². The van der Waals surface area contributed by atoms with E-state index in [0.29, 0.717) is 0 Å². The highest BCUT2D eigenvalue weighted by molar-refractivity contribution is 5.93. The van der Waals surface area contributed by atoms with E-state index in [1.807, 2.05) is 24.3 Å². The van der Waals surface area contributed by atoms with E-state index in [9.17, 15) is 13.2 Å². The van der Waals surface area contributed by atoms with Gasteiger partial charge in [-0.15, -0.1) is 13.2 Å². The predicted molar refractivity (Wildman–Crippen MR) is 96.8 cm³/mol. The van der Waals surface area contributed by atoms with Crippen molar-refractivity contribution < 1.29 is 22.6 Å². The molecular weight excluding hydrogens is 359 g/mol. The van der Waals surface area contributed by atoms with Crippen molar-refractivity contribution in [3.8, 4) is 11.5 Å². The van der Waals surface area contributed by atoms with Crippen molar-refractivity contribution in [3.63, 3.8) is 0 Å². The van der Waals surface area contributed by atoms with Crippen LogP contribution < -0.4 is 20.5 Å². The fraction of sp³-hybridized carbons (Fsp3) is 0.316. The normalized spacial score (nSPS) is 15.1. The molecule has 0 heterocycles. The molecule has 0 radical (unpaired) electrons. The minimum atomic E-state index is -4.79. The van der Waals surface area contributed by atoms with Gasteiger partial charge in [0.15, 0.2) is 11.7 Å². The molecule has 144 valence electrons. The van der Waals surface area contributed by atoms with Gasteiger partial charge in [-0.1, -0.05) is 30.3 Å². The van der Waals surface area contributed by atoms with Gasteiger partial charge in [-0.3, -0.25) is 0 Å². The minimum Gasteiger partial charge on any atom is -0.490 e. The zero-order chi connectivity index (χ0) is 19.3. The first-order valence-corrected chi connectivity index (χ1v) is 8.57. The van der Waals surface area contributed by atoms with E-state index in [0.717, 1.165) is 24.2 Å². The van der Waals surface area contributed by atoms with E-state index < -0.39 is 6.36 Å². The highest BCUT2D eigenvalue weighted by Crippen LogP contribution is 2.30. The lowest BCUT2D eigenvalue weighted by molar-refractivity contribution is -0.274. The van der Waals surface area contributed by atoms with E-state index in [2.05, 4.69) is 15.0 Å². The highest BCUT2D eigenvalue weighted by Gasteiger charge is 2.32. The van der Waals surface area contributed by atoms with Gasteiger partial charge in [0.1, 0.15) is 5.75 Å². The molecule has 0 unspecified atom stereocenters. The van der Waals surface area contributed by atoms with Crippen LogP contribution in [0.15, 0.2) is 53.5 Å². The summed E-state index contributed by atoms with van der Waals surface area (Å²) in [6.45, 7) is 0.240. The van der Waals surface area contributed by atoms with Crippen molar-refractivity contribution in [1.29, 1.82) is 0 Å². The van der Waals surface area contributed by atoms with Crippen LogP contribution in [-0.4, -0.2) is 18.4 Å². The van der Waals surface area contributed by atoms with Crippen LogP contribution in [0.5, 0.6) is 11.5 Å². The number of nitrogens with two attached hydrogens (primary N) is 1. The maximum atomic E-state index is 12.5. The molecule has 1 saturated carbocycles. The summed E-state index contributed by atoms with van der Waals surface area (Å²) in [7, 11) is 0. The smallest absolute Gasteiger partial charge is 0.490 e. The molecule has 3 N–H and O–H groups in total. The van der Waals surface area contributed by atoms with Crippen LogP contribution >= 0.6 is 0 Å². The Bertz CT molecular complexity index is 805. The van der Waals surface area contributed by atoms with E-state index in [-0.39, 0.29) is 30.0 Å². The second-order valence-corrected chi connectivity index (χ2v) is 6.15. The number of hydrogen-bond donors (Lipinski definition) is 2. The van der Waals surface area contributed by atoms with Gasteiger partial charge in [0, 0.05) is 5.56 Å². The zero-order valence-electron chi connectivity index (χ0n) is 14.5. The maximum absolute atomic E-state index is 12.5. The Morgan fingerprint density at radius 3 is 2.41 bits per heavy atom. The van der Waals surface area contributed by atoms with Crippen LogP contribution in [0.1, 0.15) is 24.8 Å². The molecule has 3 rings (SSSR count). The first-order valence-electron chi connectivity index (χ1n) is 8.57. The molecule has 0 aromatic heterocycles. The van der Waals surface area contributed by atoms with Crippen LogP contribution in [0.2, 0.25) is 0 Å². The molecule has 0 atom stereocenters. The maximum Gasteiger partial charge on any atom is 0.573 e. The van der Waals surface area contributed by atoms with Crippen LogP contribution in [0.3, 0.4) is 0 Å². The molecule has 0 spiro atoms. The fourth-order valence-corrected chi connectivity index (χ4v) is 2.55. The van der Waals surface area contributed by atoms with Crippen LogP contribution in [-0.2, 0) is 6.54 Å². The lowest BCUT2D eigenvalue weighted by Crippen LogP contribution is -2.25. The second-order valence-electron chi connectivity index (χ2n) is 6.15. The van der Waals surface area contributed by atoms with Gasteiger partial charge in [-0.2, -0.15) is 0 Å². The molecule has 5 nitrogen and oxygen atoms in total. The third-order valence-electron chi connectivity index (χ3n) is 4.11. The first kappa shape index (κ1) is 18.9. The number of ether oxygens (including phenoxy) is 2. The lowest BCUT2D eigenvalue weighted by Gasteiger charge is -2.27.